The first-order chi connectivity index (χ1) is 15.0. The highest BCUT2D eigenvalue weighted by Crippen LogP contribution is 2.30. The number of aromatic nitrogens is 5. The van der Waals surface area contributed by atoms with E-state index in [4.69, 9.17) is 9.97 Å². The van der Waals surface area contributed by atoms with E-state index in [0.717, 1.165) is 58.1 Å². The summed E-state index contributed by atoms with van der Waals surface area (Å²) in [6, 6.07) is 13.1. The molecule has 0 bridgehead atoms. The fourth-order valence-electron chi connectivity index (χ4n) is 4.32. The van der Waals surface area contributed by atoms with Crippen molar-refractivity contribution in [2.24, 2.45) is 0 Å². The van der Waals surface area contributed by atoms with E-state index in [1.54, 1.807) is 0 Å². The van der Waals surface area contributed by atoms with E-state index in [2.05, 4.69) is 51.9 Å². The smallest absolute Gasteiger partial charge is 0.120 e. The number of aromatic amines is 1. The van der Waals surface area contributed by atoms with E-state index in [9.17, 15) is 0 Å². The van der Waals surface area contributed by atoms with Crippen molar-refractivity contribution in [1.82, 2.24) is 30.0 Å². The SMILES string of the molecule is Cc1cccc(-c2n[nH]cc2-c2ccc3ncc(N4C[C@@H](C)N(C)C[C@H]4C)cc3n2)n1. The zero-order chi connectivity index (χ0) is 21.5. The third-order valence-corrected chi connectivity index (χ3v) is 6.20. The summed E-state index contributed by atoms with van der Waals surface area (Å²) in [4.78, 5) is 19.1. The minimum Gasteiger partial charge on any atom is -0.365 e. The van der Waals surface area contributed by atoms with Crippen LogP contribution in [-0.2, 0) is 0 Å². The largest absolute Gasteiger partial charge is 0.365 e. The Morgan fingerprint density at radius 1 is 0.968 bits per heavy atom. The number of nitrogens with one attached hydrogen (secondary N) is 1. The van der Waals surface area contributed by atoms with Gasteiger partial charge in [-0.3, -0.25) is 20.0 Å². The second-order valence-electron chi connectivity index (χ2n) is 8.53. The molecular weight excluding hydrogens is 386 g/mol. The number of likely N-dealkylation sites (N-methyl/N-ethyl adjacent to an activating group) is 1. The van der Waals surface area contributed by atoms with Crippen LogP contribution in [0.1, 0.15) is 19.5 Å². The van der Waals surface area contributed by atoms with Crippen molar-refractivity contribution in [3.05, 3.63) is 54.5 Å². The van der Waals surface area contributed by atoms with Gasteiger partial charge in [0, 0.05) is 42.6 Å². The minimum absolute atomic E-state index is 0.427. The molecule has 1 N–H and O–H groups in total. The van der Waals surface area contributed by atoms with Gasteiger partial charge in [0.05, 0.1) is 34.3 Å². The lowest BCUT2D eigenvalue weighted by molar-refractivity contribution is 0.206. The predicted molar refractivity (Wildman–Crippen MR) is 124 cm³/mol. The number of nitrogens with zero attached hydrogens (tertiary/aromatic N) is 6. The monoisotopic (exact) mass is 413 g/mol. The van der Waals surface area contributed by atoms with E-state index < -0.39 is 0 Å². The lowest BCUT2D eigenvalue weighted by Crippen LogP contribution is -2.55. The third-order valence-electron chi connectivity index (χ3n) is 6.20. The van der Waals surface area contributed by atoms with Gasteiger partial charge < -0.3 is 4.90 Å². The zero-order valence-corrected chi connectivity index (χ0v) is 18.4. The Morgan fingerprint density at radius 2 is 1.84 bits per heavy atom. The highest BCUT2D eigenvalue weighted by atomic mass is 15.3. The Morgan fingerprint density at radius 3 is 2.68 bits per heavy atom. The molecule has 0 unspecified atom stereocenters. The molecule has 1 aliphatic heterocycles. The summed E-state index contributed by atoms with van der Waals surface area (Å²) in [5.74, 6) is 0. The first-order valence-corrected chi connectivity index (χ1v) is 10.7. The molecule has 0 aliphatic carbocycles. The molecule has 5 rings (SSSR count). The lowest BCUT2D eigenvalue weighted by atomic mass is 10.1. The maximum atomic E-state index is 4.95. The summed E-state index contributed by atoms with van der Waals surface area (Å²) in [6.45, 7) is 8.54. The van der Waals surface area contributed by atoms with Gasteiger partial charge in [0.25, 0.3) is 0 Å². The third kappa shape index (κ3) is 3.65. The van der Waals surface area contributed by atoms with Crippen molar-refractivity contribution in [3.63, 3.8) is 0 Å². The Kier molecular flexibility index (Phi) is 4.90. The van der Waals surface area contributed by atoms with Gasteiger partial charge in [-0.15, -0.1) is 0 Å². The summed E-state index contributed by atoms with van der Waals surface area (Å²) < 4.78 is 0. The maximum absolute atomic E-state index is 4.95. The summed E-state index contributed by atoms with van der Waals surface area (Å²) in [5, 5.41) is 7.43. The lowest BCUT2D eigenvalue weighted by Gasteiger charge is -2.43. The number of hydrogen-bond donors (Lipinski definition) is 1. The number of piperazine rings is 1. The van der Waals surface area contributed by atoms with Gasteiger partial charge in [-0.2, -0.15) is 5.10 Å². The molecular formula is C24H27N7. The number of rotatable bonds is 3. The molecule has 158 valence electrons. The normalized spacial score (nSPS) is 19.8. The van der Waals surface area contributed by atoms with Crippen LogP contribution in [0, 0.1) is 6.92 Å². The highest BCUT2D eigenvalue weighted by molar-refractivity contribution is 5.84. The van der Waals surface area contributed by atoms with Crippen molar-refractivity contribution < 1.29 is 0 Å². The Balaban J connectivity index is 1.53. The van der Waals surface area contributed by atoms with Crippen LogP contribution in [0.4, 0.5) is 5.69 Å². The zero-order valence-electron chi connectivity index (χ0n) is 18.4. The number of fused-ring (bicyclic) bond motifs is 1. The van der Waals surface area contributed by atoms with Gasteiger partial charge in [-0.25, -0.2) is 4.98 Å². The van der Waals surface area contributed by atoms with Crippen LogP contribution in [0.3, 0.4) is 0 Å². The highest BCUT2D eigenvalue weighted by Gasteiger charge is 2.27. The molecule has 31 heavy (non-hydrogen) atoms. The molecule has 7 heteroatoms. The van der Waals surface area contributed by atoms with Crippen molar-refractivity contribution in [3.8, 4) is 22.6 Å². The molecule has 0 spiro atoms. The molecule has 0 amide bonds. The van der Waals surface area contributed by atoms with E-state index in [1.807, 2.05) is 49.6 Å². The standard InChI is InChI=1S/C24H27N7/c1-15-6-5-7-22(27-15)24-19(12-26-29-24)20-8-9-21-23(28-20)10-18(11-25-21)31-14-16(2)30(4)13-17(31)3/h5-12,16-17H,13-14H2,1-4H3,(H,26,29)/t16-,17-/m1/s1. The van der Waals surface area contributed by atoms with E-state index in [0.29, 0.717) is 12.1 Å². The van der Waals surface area contributed by atoms with Crippen LogP contribution < -0.4 is 4.90 Å². The first-order valence-electron chi connectivity index (χ1n) is 10.7. The molecule has 7 nitrogen and oxygen atoms in total. The first kappa shape index (κ1) is 19.6. The Bertz CT molecular complexity index is 1230. The van der Waals surface area contributed by atoms with Crippen molar-refractivity contribution in [2.75, 3.05) is 25.0 Å². The molecule has 1 saturated heterocycles. The summed E-state index contributed by atoms with van der Waals surface area (Å²) in [6.07, 6.45) is 3.85. The van der Waals surface area contributed by atoms with Crippen molar-refractivity contribution >= 4 is 16.7 Å². The predicted octanol–water partition coefficient (Wildman–Crippen LogP) is 3.92. The minimum atomic E-state index is 0.427. The van der Waals surface area contributed by atoms with Crippen LogP contribution in [-0.4, -0.2) is 62.3 Å². The van der Waals surface area contributed by atoms with Crippen LogP contribution in [0.25, 0.3) is 33.7 Å². The van der Waals surface area contributed by atoms with Gasteiger partial charge in [-0.05, 0) is 58.2 Å². The molecule has 1 fully saturated rings. The number of aryl methyl sites for hydroxylation is 1. The Labute approximate surface area is 182 Å². The molecule has 0 aromatic carbocycles. The quantitative estimate of drug-likeness (QED) is 0.549. The van der Waals surface area contributed by atoms with Crippen molar-refractivity contribution in [1.29, 1.82) is 0 Å². The molecule has 0 radical (unpaired) electrons. The van der Waals surface area contributed by atoms with Gasteiger partial charge >= 0.3 is 0 Å². The van der Waals surface area contributed by atoms with Crippen LogP contribution in [0.5, 0.6) is 0 Å². The van der Waals surface area contributed by atoms with Crippen LogP contribution in [0.15, 0.2) is 48.8 Å². The Hall–Kier alpha value is -3.32. The van der Waals surface area contributed by atoms with Gasteiger partial charge in [0.2, 0.25) is 0 Å². The van der Waals surface area contributed by atoms with Crippen molar-refractivity contribution in [2.45, 2.75) is 32.9 Å². The average molecular weight is 414 g/mol. The molecule has 4 aromatic rings. The average Bonchev–Trinajstić information content (AvgIpc) is 3.25. The molecule has 1 aliphatic rings. The van der Waals surface area contributed by atoms with E-state index in [1.165, 1.54) is 0 Å². The fraction of sp³-hybridized carbons (Fsp3) is 0.333. The fourth-order valence-corrected chi connectivity index (χ4v) is 4.32. The number of H-pyrrole nitrogens is 1. The summed E-state index contributed by atoms with van der Waals surface area (Å²) >= 11 is 0. The molecule has 5 heterocycles. The van der Waals surface area contributed by atoms with Crippen LogP contribution >= 0.6 is 0 Å². The molecule has 4 aromatic heterocycles. The second-order valence-corrected chi connectivity index (χ2v) is 8.53. The molecule has 0 saturated carbocycles. The van der Waals surface area contributed by atoms with Gasteiger partial charge in [0.1, 0.15) is 5.69 Å². The topological polar surface area (TPSA) is 73.8 Å². The molecule has 2 atom stereocenters. The van der Waals surface area contributed by atoms with Crippen LogP contribution in [0.2, 0.25) is 0 Å². The van der Waals surface area contributed by atoms with E-state index in [-0.39, 0.29) is 0 Å². The van der Waals surface area contributed by atoms with E-state index >= 15 is 0 Å². The number of anilines is 1. The number of pyridine rings is 3. The number of hydrogen-bond acceptors (Lipinski definition) is 6. The second kappa shape index (κ2) is 7.74. The van der Waals surface area contributed by atoms with Gasteiger partial charge in [-0.1, -0.05) is 6.07 Å². The maximum Gasteiger partial charge on any atom is 0.120 e. The van der Waals surface area contributed by atoms with Gasteiger partial charge in [0.15, 0.2) is 0 Å². The summed E-state index contributed by atoms with van der Waals surface area (Å²) in [7, 11) is 2.19. The summed E-state index contributed by atoms with van der Waals surface area (Å²) in [5.41, 5.74) is 7.30.